The summed E-state index contributed by atoms with van der Waals surface area (Å²) >= 11 is 0. The molecule has 0 spiro atoms. The van der Waals surface area contributed by atoms with Gasteiger partial charge in [-0.15, -0.1) is 0 Å². The van der Waals surface area contributed by atoms with E-state index in [2.05, 4.69) is 4.98 Å². The van der Waals surface area contributed by atoms with Crippen LogP contribution in [0.4, 0.5) is 0 Å². The standard InChI is InChI=1S/C16H19NO2/c1-3-16(18,15-6-4-5-11-17-15)12-13-7-9-14(19-2)10-8-13/h4-11,18H,3,12H2,1-2H3/t16-/m0/s1. The zero-order chi connectivity index (χ0) is 13.7. The van der Waals surface area contributed by atoms with Crippen molar-refractivity contribution in [1.82, 2.24) is 4.98 Å². The average Bonchev–Trinajstić information content (AvgIpc) is 2.49. The SMILES string of the molecule is CC[C@](O)(Cc1ccc(OC)cc1)c1ccccn1. The van der Waals surface area contributed by atoms with Crippen LogP contribution in [0.2, 0.25) is 0 Å². The number of benzene rings is 1. The zero-order valence-electron chi connectivity index (χ0n) is 11.3. The highest BCUT2D eigenvalue weighted by Gasteiger charge is 2.28. The van der Waals surface area contributed by atoms with Crippen LogP contribution in [-0.2, 0) is 12.0 Å². The van der Waals surface area contributed by atoms with Crippen molar-refractivity contribution in [2.45, 2.75) is 25.4 Å². The Hall–Kier alpha value is -1.87. The predicted octanol–water partition coefficient (Wildman–Crippen LogP) is 2.93. The van der Waals surface area contributed by atoms with E-state index in [-0.39, 0.29) is 0 Å². The Morgan fingerprint density at radius 3 is 2.42 bits per heavy atom. The van der Waals surface area contributed by atoms with Crippen LogP contribution in [0.5, 0.6) is 5.75 Å². The van der Waals surface area contributed by atoms with Crippen molar-refractivity contribution in [2.75, 3.05) is 7.11 Å². The Labute approximate surface area is 113 Å². The summed E-state index contributed by atoms with van der Waals surface area (Å²) in [6.45, 7) is 1.97. The van der Waals surface area contributed by atoms with Crippen molar-refractivity contribution in [3.05, 3.63) is 59.9 Å². The van der Waals surface area contributed by atoms with Crippen LogP contribution in [0.15, 0.2) is 48.7 Å². The molecule has 0 saturated carbocycles. The van der Waals surface area contributed by atoms with Gasteiger partial charge in [-0.1, -0.05) is 25.1 Å². The summed E-state index contributed by atoms with van der Waals surface area (Å²) in [5.74, 6) is 0.821. The quantitative estimate of drug-likeness (QED) is 0.895. The molecule has 0 aliphatic heterocycles. The molecule has 0 saturated heterocycles. The molecule has 0 fully saturated rings. The monoisotopic (exact) mass is 257 g/mol. The second-order valence-corrected chi connectivity index (χ2v) is 4.62. The topological polar surface area (TPSA) is 42.4 Å². The summed E-state index contributed by atoms with van der Waals surface area (Å²) in [4.78, 5) is 4.28. The van der Waals surface area contributed by atoms with E-state index >= 15 is 0 Å². The Morgan fingerprint density at radius 2 is 1.89 bits per heavy atom. The van der Waals surface area contributed by atoms with E-state index in [9.17, 15) is 5.11 Å². The Kier molecular flexibility index (Phi) is 4.17. The van der Waals surface area contributed by atoms with Crippen LogP contribution in [0, 0.1) is 0 Å². The molecular weight excluding hydrogens is 238 g/mol. The lowest BCUT2D eigenvalue weighted by molar-refractivity contribution is 0.0283. The molecule has 0 amide bonds. The molecule has 19 heavy (non-hydrogen) atoms. The molecule has 3 nitrogen and oxygen atoms in total. The van der Waals surface area contributed by atoms with Crippen molar-refractivity contribution < 1.29 is 9.84 Å². The highest BCUT2D eigenvalue weighted by Crippen LogP contribution is 2.28. The van der Waals surface area contributed by atoms with Gasteiger partial charge in [0.15, 0.2) is 0 Å². The maximum absolute atomic E-state index is 10.8. The number of hydrogen-bond acceptors (Lipinski definition) is 3. The highest BCUT2D eigenvalue weighted by molar-refractivity contribution is 5.29. The van der Waals surface area contributed by atoms with E-state index in [1.165, 1.54) is 0 Å². The predicted molar refractivity (Wildman–Crippen MR) is 75.1 cm³/mol. The fourth-order valence-electron chi connectivity index (χ4n) is 2.12. The molecule has 0 radical (unpaired) electrons. The highest BCUT2D eigenvalue weighted by atomic mass is 16.5. The fourth-order valence-corrected chi connectivity index (χ4v) is 2.12. The lowest BCUT2D eigenvalue weighted by atomic mass is 9.88. The van der Waals surface area contributed by atoms with E-state index in [0.29, 0.717) is 18.5 Å². The van der Waals surface area contributed by atoms with E-state index in [1.54, 1.807) is 13.3 Å². The maximum atomic E-state index is 10.8. The van der Waals surface area contributed by atoms with Crippen LogP contribution < -0.4 is 4.74 Å². The first kappa shape index (κ1) is 13.6. The molecule has 1 atom stereocenters. The second kappa shape index (κ2) is 5.85. The largest absolute Gasteiger partial charge is 0.497 e. The molecule has 1 N–H and O–H groups in total. The summed E-state index contributed by atoms with van der Waals surface area (Å²) in [6.07, 6.45) is 2.88. The molecular formula is C16H19NO2. The molecule has 0 bridgehead atoms. The number of aliphatic hydroxyl groups is 1. The molecule has 1 aromatic carbocycles. The summed E-state index contributed by atoms with van der Waals surface area (Å²) in [5.41, 5.74) is 0.861. The van der Waals surface area contributed by atoms with Gasteiger partial charge in [0, 0.05) is 12.6 Å². The Morgan fingerprint density at radius 1 is 1.16 bits per heavy atom. The first-order chi connectivity index (χ1) is 9.18. The number of methoxy groups -OCH3 is 1. The molecule has 3 heteroatoms. The first-order valence-corrected chi connectivity index (χ1v) is 6.45. The van der Waals surface area contributed by atoms with Gasteiger partial charge in [-0.2, -0.15) is 0 Å². The summed E-state index contributed by atoms with van der Waals surface area (Å²) in [5, 5.41) is 10.8. The lowest BCUT2D eigenvalue weighted by Gasteiger charge is -2.26. The van der Waals surface area contributed by atoms with Gasteiger partial charge >= 0.3 is 0 Å². The zero-order valence-corrected chi connectivity index (χ0v) is 11.3. The lowest BCUT2D eigenvalue weighted by Crippen LogP contribution is -2.28. The molecule has 1 aromatic heterocycles. The van der Waals surface area contributed by atoms with E-state index in [4.69, 9.17) is 4.74 Å². The van der Waals surface area contributed by atoms with Crippen molar-refractivity contribution in [3.63, 3.8) is 0 Å². The van der Waals surface area contributed by atoms with Gasteiger partial charge in [0.1, 0.15) is 11.4 Å². The molecule has 1 heterocycles. The van der Waals surface area contributed by atoms with Gasteiger partial charge in [-0.05, 0) is 36.2 Å². The summed E-state index contributed by atoms with van der Waals surface area (Å²) < 4.78 is 5.14. The average molecular weight is 257 g/mol. The Balaban J connectivity index is 2.22. The van der Waals surface area contributed by atoms with Crippen LogP contribution in [0.25, 0.3) is 0 Å². The number of pyridine rings is 1. The number of hydrogen-bond donors (Lipinski definition) is 1. The van der Waals surface area contributed by atoms with Gasteiger partial charge < -0.3 is 9.84 Å². The molecule has 2 rings (SSSR count). The third kappa shape index (κ3) is 3.12. The summed E-state index contributed by atoms with van der Waals surface area (Å²) in [7, 11) is 1.64. The number of nitrogens with zero attached hydrogens (tertiary/aromatic N) is 1. The van der Waals surface area contributed by atoms with Crippen LogP contribution in [0.3, 0.4) is 0 Å². The fraction of sp³-hybridized carbons (Fsp3) is 0.312. The van der Waals surface area contributed by atoms with Gasteiger partial charge in [-0.25, -0.2) is 0 Å². The molecule has 100 valence electrons. The minimum atomic E-state index is -0.921. The minimum Gasteiger partial charge on any atom is -0.497 e. The maximum Gasteiger partial charge on any atom is 0.118 e. The first-order valence-electron chi connectivity index (χ1n) is 6.45. The van der Waals surface area contributed by atoms with E-state index in [1.807, 2.05) is 49.4 Å². The van der Waals surface area contributed by atoms with Crippen molar-refractivity contribution in [2.24, 2.45) is 0 Å². The van der Waals surface area contributed by atoms with Crippen molar-refractivity contribution in [1.29, 1.82) is 0 Å². The van der Waals surface area contributed by atoms with E-state index in [0.717, 1.165) is 11.3 Å². The van der Waals surface area contributed by atoms with Gasteiger partial charge in [-0.3, -0.25) is 4.98 Å². The Bertz CT molecular complexity index is 510. The van der Waals surface area contributed by atoms with E-state index < -0.39 is 5.60 Å². The second-order valence-electron chi connectivity index (χ2n) is 4.62. The van der Waals surface area contributed by atoms with Gasteiger partial charge in [0.2, 0.25) is 0 Å². The van der Waals surface area contributed by atoms with Crippen molar-refractivity contribution >= 4 is 0 Å². The number of ether oxygens (including phenoxy) is 1. The van der Waals surface area contributed by atoms with Gasteiger partial charge in [0.05, 0.1) is 12.8 Å². The van der Waals surface area contributed by atoms with Gasteiger partial charge in [0.25, 0.3) is 0 Å². The van der Waals surface area contributed by atoms with Crippen LogP contribution >= 0.6 is 0 Å². The number of aromatic nitrogens is 1. The van der Waals surface area contributed by atoms with Crippen molar-refractivity contribution in [3.8, 4) is 5.75 Å². The minimum absolute atomic E-state index is 0.546. The smallest absolute Gasteiger partial charge is 0.118 e. The normalized spacial score (nSPS) is 13.8. The van der Waals surface area contributed by atoms with Crippen LogP contribution in [0.1, 0.15) is 24.6 Å². The molecule has 0 aliphatic carbocycles. The molecule has 2 aromatic rings. The summed E-state index contributed by atoms with van der Waals surface area (Å²) in [6, 6.07) is 13.4. The third-order valence-electron chi connectivity index (χ3n) is 3.38. The molecule has 0 aliphatic rings. The van der Waals surface area contributed by atoms with Crippen LogP contribution in [-0.4, -0.2) is 17.2 Å². The third-order valence-corrected chi connectivity index (χ3v) is 3.38. The molecule has 0 unspecified atom stereocenters. The number of rotatable bonds is 5.